The molecule has 3 aromatic carbocycles. The Kier molecular flexibility index (Phi) is 8.36. The lowest BCUT2D eigenvalue weighted by molar-refractivity contribution is -0.110. The lowest BCUT2D eigenvalue weighted by atomic mass is 10.1. The minimum Gasteiger partial charge on any atom is -0.457 e. The van der Waals surface area contributed by atoms with Crippen LogP contribution in [0, 0.1) is 0 Å². The summed E-state index contributed by atoms with van der Waals surface area (Å²) in [5.74, 6) is 1.90. The average Bonchev–Trinajstić information content (AvgIpc) is 3.36. The zero-order valence-corrected chi connectivity index (χ0v) is 22.1. The number of aromatic nitrogens is 2. The van der Waals surface area contributed by atoms with Crippen LogP contribution >= 0.6 is 0 Å². The number of imidazole rings is 1. The number of fused-ring (bicyclic) bond motifs is 1. The maximum atomic E-state index is 13.2. The molecular weight excluding hydrogens is 508 g/mol. The van der Waals surface area contributed by atoms with Crippen molar-refractivity contribution in [2.24, 2.45) is 16.5 Å². The highest BCUT2D eigenvalue weighted by Gasteiger charge is 2.23. The van der Waals surface area contributed by atoms with Crippen molar-refractivity contribution < 1.29 is 19.1 Å². The number of nitrogens with zero attached hydrogens (tertiary/aromatic N) is 4. The smallest absolute Gasteiger partial charge is 0.254 e. The van der Waals surface area contributed by atoms with Crippen LogP contribution in [0.5, 0.6) is 11.5 Å². The van der Waals surface area contributed by atoms with Crippen LogP contribution < -0.4 is 16.2 Å². The van der Waals surface area contributed by atoms with E-state index in [4.69, 9.17) is 25.9 Å². The molecule has 1 aromatic heterocycles. The molecule has 4 aromatic rings. The summed E-state index contributed by atoms with van der Waals surface area (Å²) in [4.78, 5) is 36.3. The number of guanidine groups is 1. The second-order valence-corrected chi connectivity index (χ2v) is 9.51. The predicted molar refractivity (Wildman–Crippen MR) is 153 cm³/mol. The Morgan fingerprint density at radius 3 is 2.55 bits per heavy atom. The number of aldehydes is 1. The molecule has 1 aliphatic heterocycles. The maximum Gasteiger partial charge on any atom is 0.254 e. The van der Waals surface area contributed by atoms with E-state index in [1.165, 1.54) is 0 Å². The zero-order valence-electron chi connectivity index (χ0n) is 22.1. The predicted octanol–water partition coefficient (Wildman–Crippen LogP) is 3.76. The normalized spacial score (nSPS) is 14.1. The Labute approximate surface area is 232 Å². The summed E-state index contributed by atoms with van der Waals surface area (Å²) < 4.78 is 13.4. The monoisotopic (exact) mass is 540 g/mol. The highest BCUT2D eigenvalue weighted by atomic mass is 16.5. The Balaban J connectivity index is 1.54. The van der Waals surface area contributed by atoms with Gasteiger partial charge in [-0.2, -0.15) is 0 Å². The number of carbonyl (C=O) groups excluding carboxylic acids is 2. The molecule has 0 spiro atoms. The van der Waals surface area contributed by atoms with E-state index < -0.39 is 6.04 Å². The second kappa shape index (κ2) is 12.4. The van der Waals surface area contributed by atoms with Crippen molar-refractivity contribution >= 4 is 29.2 Å². The lowest BCUT2D eigenvalue weighted by Crippen LogP contribution is -2.40. The van der Waals surface area contributed by atoms with Gasteiger partial charge >= 0.3 is 0 Å². The highest BCUT2D eigenvalue weighted by molar-refractivity contribution is 5.98. The zero-order chi connectivity index (χ0) is 27.9. The number of aliphatic imine (C=N–C) groups is 1. The van der Waals surface area contributed by atoms with Crippen molar-refractivity contribution in [3.63, 3.8) is 0 Å². The SMILES string of the molecule is NC(N)=NCCCC(C=O)n1c(-c2cccc(Oc3ccccc3)c2)nc2cc(C(=O)N3CCOCC3)ccc21. The van der Waals surface area contributed by atoms with E-state index in [2.05, 4.69) is 4.99 Å². The van der Waals surface area contributed by atoms with Crippen LogP contribution in [0.4, 0.5) is 0 Å². The van der Waals surface area contributed by atoms with Crippen LogP contribution in [0.3, 0.4) is 0 Å². The number of amides is 1. The molecule has 10 nitrogen and oxygen atoms in total. The second-order valence-electron chi connectivity index (χ2n) is 9.51. The van der Waals surface area contributed by atoms with Gasteiger partial charge in [0.15, 0.2) is 5.96 Å². The van der Waals surface area contributed by atoms with Gasteiger partial charge in [0, 0.05) is 30.8 Å². The van der Waals surface area contributed by atoms with Gasteiger partial charge in [-0.25, -0.2) is 4.98 Å². The molecule has 206 valence electrons. The fraction of sp³-hybridized carbons (Fsp3) is 0.267. The van der Waals surface area contributed by atoms with Gasteiger partial charge in [-0.15, -0.1) is 0 Å². The Morgan fingerprint density at radius 2 is 1.80 bits per heavy atom. The minimum atomic E-state index is -0.520. The quantitative estimate of drug-likeness (QED) is 0.135. The van der Waals surface area contributed by atoms with E-state index in [9.17, 15) is 9.59 Å². The van der Waals surface area contributed by atoms with Crippen LogP contribution in [-0.4, -0.2) is 65.5 Å². The van der Waals surface area contributed by atoms with E-state index >= 15 is 0 Å². The molecule has 40 heavy (non-hydrogen) atoms. The third-order valence-electron chi connectivity index (χ3n) is 6.75. The first-order valence-corrected chi connectivity index (χ1v) is 13.3. The molecule has 1 amide bonds. The van der Waals surface area contributed by atoms with E-state index in [0.717, 1.165) is 17.4 Å². The van der Waals surface area contributed by atoms with Gasteiger partial charge in [0.25, 0.3) is 5.91 Å². The summed E-state index contributed by atoms with van der Waals surface area (Å²) >= 11 is 0. The van der Waals surface area contributed by atoms with Crippen molar-refractivity contribution in [3.8, 4) is 22.9 Å². The van der Waals surface area contributed by atoms with Crippen molar-refractivity contribution in [1.82, 2.24) is 14.5 Å². The number of morpholine rings is 1. The molecule has 10 heteroatoms. The third-order valence-corrected chi connectivity index (χ3v) is 6.75. The summed E-state index contributed by atoms with van der Waals surface area (Å²) in [7, 11) is 0. The molecule has 2 heterocycles. The van der Waals surface area contributed by atoms with Gasteiger partial charge in [-0.3, -0.25) is 9.79 Å². The summed E-state index contributed by atoms with van der Waals surface area (Å²) in [6.45, 7) is 2.55. The van der Waals surface area contributed by atoms with Crippen LogP contribution in [0.2, 0.25) is 0 Å². The van der Waals surface area contributed by atoms with E-state index in [-0.39, 0.29) is 11.9 Å². The summed E-state index contributed by atoms with van der Waals surface area (Å²) in [6, 6.07) is 22.0. The minimum absolute atomic E-state index is 0.0177. The largest absolute Gasteiger partial charge is 0.457 e. The topological polar surface area (TPSA) is 138 Å². The average molecular weight is 541 g/mol. The van der Waals surface area contributed by atoms with E-state index in [1.807, 2.05) is 65.2 Å². The standard InChI is InChI=1S/C30H32N6O4/c31-30(32)33-13-5-7-23(20-37)36-27-12-11-22(29(38)35-14-16-39-17-15-35)19-26(27)34-28(36)21-6-4-10-25(18-21)40-24-8-2-1-3-9-24/h1-4,6,8-12,18-20,23H,5,7,13-17H2,(H4,31,32,33). The van der Waals surface area contributed by atoms with Crippen LogP contribution in [0.25, 0.3) is 22.4 Å². The molecule has 0 saturated carbocycles. The molecule has 0 aliphatic carbocycles. The Bertz CT molecular complexity index is 1510. The number of carbonyl (C=O) groups is 2. The number of rotatable bonds is 10. The first kappa shape index (κ1) is 26.9. The molecule has 0 radical (unpaired) electrons. The molecule has 1 unspecified atom stereocenters. The Morgan fingerprint density at radius 1 is 1.02 bits per heavy atom. The molecule has 1 aliphatic rings. The summed E-state index contributed by atoms with van der Waals surface area (Å²) in [6.07, 6.45) is 2.02. The lowest BCUT2D eigenvalue weighted by Gasteiger charge is -2.26. The van der Waals surface area contributed by atoms with Gasteiger partial charge in [-0.05, 0) is 55.3 Å². The first-order valence-electron chi connectivity index (χ1n) is 13.3. The number of nitrogens with two attached hydrogens (primary N) is 2. The van der Waals surface area contributed by atoms with Gasteiger partial charge < -0.3 is 35.2 Å². The van der Waals surface area contributed by atoms with E-state index in [0.29, 0.717) is 74.1 Å². The van der Waals surface area contributed by atoms with E-state index in [1.54, 1.807) is 17.0 Å². The number of benzene rings is 3. The third kappa shape index (κ3) is 6.13. The fourth-order valence-electron chi connectivity index (χ4n) is 4.81. The van der Waals surface area contributed by atoms with Crippen LogP contribution in [0.1, 0.15) is 29.2 Å². The van der Waals surface area contributed by atoms with Crippen molar-refractivity contribution in [1.29, 1.82) is 0 Å². The van der Waals surface area contributed by atoms with Gasteiger partial charge in [0.1, 0.15) is 23.6 Å². The first-order chi connectivity index (χ1) is 19.5. The number of hydrogen-bond acceptors (Lipinski definition) is 6. The number of hydrogen-bond donors (Lipinski definition) is 2. The maximum absolute atomic E-state index is 13.2. The molecule has 1 fully saturated rings. The van der Waals surface area contributed by atoms with Gasteiger partial charge in [-0.1, -0.05) is 30.3 Å². The van der Waals surface area contributed by atoms with Crippen molar-refractivity contribution in [2.75, 3.05) is 32.8 Å². The molecule has 5 rings (SSSR count). The summed E-state index contributed by atoms with van der Waals surface area (Å²) in [5.41, 5.74) is 13.6. The highest BCUT2D eigenvalue weighted by Crippen LogP contribution is 2.33. The molecule has 0 bridgehead atoms. The molecular formula is C30H32N6O4. The van der Waals surface area contributed by atoms with Crippen LogP contribution in [0.15, 0.2) is 77.8 Å². The number of para-hydroxylation sites is 1. The molecule has 1 saturated heterocycles. The van der Waals surface area contributed by atoms with Crippen LogP contribution in [-0.2, 0) is 9.53 Å². The van der Waals surface area contributed by atoms with Gasteiger partial charge in [0.2, 0.25) is 0 Å². The summed E-state index contributed by atoms with van der Waals surface area (Å²) in [5, 5.41) is 0. The molecule has 4 N–H and O–H groups in total. The van der Waals surface area contributed by atoms with Crippen molar-refractivity contribution in [3.05, 3.63) is 78.4 Å². The van der Waals surface area contributed by atoms with Gasteiger partial charge in [0.05, 0.1) is 30.3 Å². The van der Waals surface area contributed by atoms with Crippen molar-refractivity contribution in [2.45, 2.75) is 18.9 Å². The number of ether oxygens (including phenoxy) is 2. The Hall–Kier alpha value is -4.70. The fourth-order valence-corrected chi connectivity index (χ4v) is 4.81. The molecule has 1 atom stereocenters.